The summed E-state index contributed by atoms with van der Waals surface area (Å²) in [5.41, 5.74) is 2.01. The number of likely N-dealkylation sites (N-methyl/N-ethyl adjacent to an activating group) is 1. The molecule has 16 heavy (non-hydrogen) atoms. The van der Waals surface area contributed by atoms with Crippen molar-refractivity contribution in [2.75, 3.05) is 25.1 Å². The van der Waals surface area contributed by atoms with Gasteiger partial charge in [-0.05, 0) is 12.0 Å². The summed E-state index contributed by atoms with van der Waals surface area (Å²) in [7, 11) is 2.02. The van der Waals surface area contributed by atoms with Crippen molar-refractivity contribution < 1.29 is 4.74 Å². The van der Waals surface area contributed by atoms with Crippen molar-refractivity contribution in [1.29, 1.82) is 0 Å². The maximum Gasteiger partial charge on any atom is 0.149 e. The lowest BCUT2D eigenvalue weighted by atomic mass is 10.00. The molecule has 0 amide bonds. The van der Waals surface area contributed by atoms with Crippen LogP contribution in [0, 0.1) is 0 Å². The number of nitrogens with zero attached hydrogens (tertiary/aromatic N) is 1. The van der Waals surface area contributed by atoms with Gasteiger partial charge in [0.25, 0.3) is 0 Å². The van der Waals surface area contributed by atoms with Crippen LogP contribution in [-0.4, -0.2) is 20.2 Å². The molecule has 2 nitrogen and oxygen atoms in total. The Morgan fingerprint density at radius 1 is 1.31 bits per heavy atom. The van der Waals surface area contributed by atoms with Crippen LogP contribution in [0.4, 0.5) is 5.69 Å². The first kappa shape index (κ1) is 11.9. The van der Waals surface area contributed by atoms with E-state index in [1.165, 1.54) is 0 Å². The van der Waals surface area contributed by atoms with Gasteiger partial charge in [0, 0.05) is 17.6 Å². The lowest BCUT2D eigenvalue weighted by molar-refractivity contribution is 0.307. The topological polar surface area (TPSA) is 12.5 Å². The quantitative estimate of drug-likeness (QED) is 0.758. The Morgan fingerprint density at radius 2 is 2.00 bits per heavy atom. The van der Waals surface area contributed by atoms with Gasteiger partial charge >= 0.3 is 0 Å². The number of hydrogen-bond acceptors (Lipinski definition) is 2. The van der Waals surface area contributed by atoms with Crippen molar-refractivity contribution >= 4 is 28.9 Å². The lowest BCUT2D eigenvalue weighted by Gasteiger charge is -2.31. The number of halogens is 2. The summed E-state index contributed by atoms with van der Waals surface area (Å²) in [4.78, 5) is 2.11. The monoisotopic (exact) mass is 259 g/mol. The molecule has 0 aromatic heterocycles. The van der Waals surface area contributed by atoms with E-state index < -0.39 is 0 Å². The molecule has 0 fully saturated rings. The summed E-state index contributed by atoms with van der Waals surface area (Å²) in [6.07, 6.45) is 0. The first-order chi connectivity index (χ1) is 7.52. The Morgan fingerprint density at radius 3 is 2.62 bits per heavy atom. The third-order valence-electron chi connectivity index (χ3n) is 2.83. The highest BCUT2D eigenvalue weighted by molar-refractivity contribution is 6.37. The molecule has 0 spiro atoms. The fraction of sp³-hybridized carbons (Fsp3) is 0.500. The average molecular weight is 260 g/mol. The van der Waals surface area contributed by atoms with Crippen molar-refractivity contribution in [2.45, 2.75) is 19.8 Å². The van der Waals surface area contributed by atoms with E-state index in [1.54, 1.807) is 0 Å². The van der Waals surface area contributed by atoms with Crippen molar-refractivity contribution in [3.05, 3.63) is 21.7 Å². The molecule has 1 aromatic carbocycles. The van der Waals surface area contributed by atoms with Crippen molar-refractivity contribution in [3.63, 3.8) is 0 Å². The fourth-order valence-corrected chi connectivity index (χ4v) is 2.85. The molecule has 88 valence electrons. The largest absolute Gasteiger partial charge is 0.489 e. The second-order valence-electron chi connectivity index (χ2n) is 4.36. The third-order valence-corrected chi connectivity index (χ3v) is 3.43. The molecule has 0 aliphatic carbocycles. The molecule has 1 heterocycles. The summed E-state index contributed by atoms with van der Waals surface area (Å²) in [6, 6.07) is 1.81. The van der Waals surface area contributed by atoms with Crippen LogP contribution in [0.5, 0.6) is 5.75 Å². The van der Waals surface area contributed by atoms with Crippen LogP contribution in [0.1, 0.15) is 25.3 Å². The van der Waals surface area contributed by atoms with Crippen LogP contribution in [0.15, 0.2) is 6.07 Å². The predicted molar refractivity (Wildman–Crippen MR) is 69.3 cm³/mol. The molecule has 1 aliphatic heterocycles. The lowest BCUT2D eigenvalue weighted by Crippen LogP contribution is -2.29. The molecular formula is C12H15Cl2NO. The van der Waals surface area contributed by atoms with E-state index in [1.807, 2.05) is 13.1 Å². The minimum Gasteiger partial charge on any atom is -0.489 e. The van der Waals surface area contributed by atoms with Gasteiger partial charge in [0.15, 0.2) is 0 Å². The summed E-state index contributed by atoms with van der Waals surface area (Å²) in [5.74, 6) is 1.17. The van der Waals surface area contributed by atoms with E-state index in [0.29, 0.717) is 22.6 Å². The third kappa shape index (κ3) is 1.85. The zero-order chi connectivity index (χ0) is 11.9. The van der Waals surface area contributed by atoms with E-state index >= 15 is 0 Å². The average Bonchev–Trinajstić information content (AvgIpc) is 2.15. The van der Waals surface area contributed by atoms with Gasteiger partial charge in [0.2, 0.25) is 0 Å². The molecule has 0 saturated carbocycles. The van der Waals surface area contributed by atoms with E-state index in [9.17, 15) is 0 Å². The molecule has 0 N–H and O–H groups in total. The summed E-state index contributed by atoms with van der Waals surface area (Å²) < 4.78 is 5.74. The second-order valence-corrected chi connectivity index (χ2v) is 5.17. The molecule has 2 rings (SSSR count). The van der Waals surface area contributed by atoms with Gasteiger partial charge in [-0.25, -0.2) is 0 Å². The maximum absolute atomic E-state index is 6.23. The zero-order valence-electron chi connectivity index (χ0n) is 9.68. The normalized spacial score (nSPS) is 15.0. The van der Waals surface area contributed by atoms with Crippen LogP contribution in [0.3, 0.4) is 0 Å². The summed E-state index contributed by atoms with van der Waals surface area (Å²) in [5, 5.41) is 1.35. The molecule has 1 aliphatic rings. The first-order valence-corrected chi connectivity index (χ1v) is 6.13. The van der Waals surface area contributed by atoms with Gasteiger partial charge < -0.3 is 9.64 Å². The Hall–Kier alpha value is -0.600. The Labute approximate surface area is 106 Å². The molecule has 1 aromatic rings. The van der Waals surface area contributed by atoms with Gasteiger partial charge in [0.1, 0.15) is 12.4 Å². The number of anilines is 1. The van der Waals surface area contributed by atoms with Gasteiger partial charge in [-0.3, -0.25) is 0 Å². The highest BCUT2D eigenvalue weighted by atomic mass is 35.5. The molecular weight excluding hydrogens is 245 g/mol. The van der Waals surface area contributed by atoms with Crippen molar-refractivity contribution in [2.24, 2.45) is 0 Å². The Bertz CT molecular complexity index is 398. The molecule has 0 radical (unpaired) electrons. The molecule has 4 heteroatoms. The number of hydrogen-bond donors (Lipinski definition) is 0. The van der Waals surface area contributed by atoms with E-state index in [4.69, 9.17) is 27.9 Å². The molecule has 0 atom stereocenters. The van der Waals surface area contributed by atoms with E-state index in [2.05, 4.69) is 18.7 Å². The number of fused-ring (bicyclic) bond motifs is 1. The highest BCUT2D eigenvalue weighted by Crippen LogP contribution is 2.46. The zero-order valence-corrected chi connectivity index (χ0v) is 11.2. The van der Waals surface area contributed by atoms with E-state index in [-0.39, 0.29) is 0 Å². The molecule has 0 unspecified atom stereocenters. The Kier molecular flexibility index (Phi) is 3.22. The Balaban J connectivity index is 2.67. The molecule has 0 bridgehead atoms. The number of benzene rings is 1. The summed E-state index contributed by atoms with van der Waals surface area (Å²) >= 11 is 12.4. The second kappa shape index (κ2) is 4.34. The van der Waals surface area contributed by atoms with E-state index in [0.717, 1.165) is 23.5 Å². The van der Waals surface area contributed by atoms with Gasteiger partial charge in [-0.2, -0.15) is 0 Å². The number of ether oxygens (including phenoxy) is 1. The minimum atomic E-state index is 0.324. The molecule has 0 saturated heterocycles. The predicted octanol–water partition coefficient (Wildman–Crippen LogP) is 3.95. The first-order valence-electron chi connectivity index (χ1n) is 5.38. The van der Waals surface area contributed by atoms with Crippen LogP contribution in [0.2, 0.25) is 10.0 Å². The van der Waals surface area contributed by atoms with Crippen molar-refractivity contribution in [3.8, 4) is 5.75 Å². The maximum atomic E-state index is 6.23. The fourth-order valence-electron chi connectivity index (χ4n) is 2.04. The van der Waals surface area contributed by atoms with Gasteiger partial charge in [-0.15, -0.1) is 0 Å². The van der Waals surface area contributed by atoms with Crippen LogP contribution < -0.4 is 9.64 Å². The van der Waals surface area contributed by atoms with Crippen molar-refractivity contribution in [1.82, 2.24) is 0 Å². The highest BCUT2D eigenvalue weighted by Gasteiger charge is 2.25. The standard InChI is InChI=1S/C12H15Cl2NO/c1-7(2)10-8(13)6-9(14)11-12(10)16-5-4-15(11)3/h6-7H,4-5H2,1-3H3. The number of rotatable bonds is 1. The minimum absolute atomic E-state index is 0.324. The van der Waals surface area contributed by atoms with Gasteiger partial charge in [0.05, 0.1) is 17.3 Å². The van der Waals surface area contributed by atoms with Crippen LogP contribution in [-0.2, 0) is 0 Å². The smallest absolute Gasteiger partial charge is 0.149 e. The van der Waals surface area contributed by atoms with Gasteiger partial charge in [-0.1, -0.05) is 37.0 Å². The SMILES string of the molecule is CC(C)c1c(Cl)cc(Cl)c2c1OCCN2C. The van der Waals surface area contributed by atoms with Crippen LogP contribution in [0.25, 0.3) is 0 Å². The van der Waals surface area contributed by atoms with Crippen LogP contribution >= 0.6 is 23.2 Å². The summed E-state index contributed by atoms with van der Waals surface area (Å²) in [6.45, 7) is 5.74.